The normalized spacial score (nSPS) is 10.6. The number of carbonyl (C=O) groups is 1. The molecule has 0 atom stereocenters. The highest BCUT2D eigenvalue weighted by molar-refractivity contribution is 7.13. The van der Waals surface area contributed by atoms with Crippen molar-refractivity contribution >= 4 is 17.3 Å². The molecule has 0 amide bonds. The van der Waals surface area contributed by atoms with Gasteiger partial charge in [-0.1, -0.05) is 36.4 Å². The molecule has 0 unspecified atom stereocenters. The first kappa shape index (κ1) is 19.7. The average Bonchev–Trinajstić information content (AvgIpc) is 3.27. The van der Waals surface area contributed by atoms with E-state index in [9.17, 15) is 9.90 Å². The molecular formula is C24H19NO4S. The molecule has 0 aliphatic heterocycles. The van der Waals surface area contributed by atoms with E-state index in [-0.39, 0.29) is 12.4 Å². The highest BCUT2D eigenvalue weighted by Crippen LogP contribution is 2.32. The van der Waals surface area contributed by atoms with Gasteiger partial charge in [0.1, 0.15) is 23.1 Å². The van der Waals surface area contributed by atoms with Crippen molar-refractivity contribution < 1.29 is 19.4 Å². The lowest BCUT2D eigenvalue weighted by Gasteiger charge is -2.06. The van der Waals surface area contributed by atoms with Crippen molar-refractivity contribution in [2.24, 2.45) is 0 Å². The molecule has 1 N–H and O–H groups in total. The van der Waals surface area contributed by atoms with Crippen LogP contribution >= 0.6 is 11.3 Å². The van der Waals surface area contributed by atoms with Crippen LogP contribution in [0.15, 0.2) is 78.2 Å². The number of para-hydroxylation sites is 1. The monoisotopic (exact) mass is 417 g/mol. The maximum atomic E-state index is 12.4. The maximum Gasteiger partial charge on any atom is 0.338 e. The molecule has 4 rings (SSSR count). The van der Waals surface area contributed by atoms with Crippen LogP contribution in [0.4, 0.5) is 0 Å². The number of ether oxygens (including phenoxy) is 2. The van der Waals surface area contributed by atoms with E-state index in [4.69, 9.17) is 9.47 Å². The second-order valence-corrected chi connectivity index (χ2v) is 7.40. The predicted molar refractivity (Wildman–Crippen MR) is 117 cm³/mol. The number of aromatic nitrogens is 1. The molecule has 30 heavy (non-hydrogen) atoms. The molecule has 1 heterocycles. The first-order chi connectivity index (χ1) is 14.6. The zero-order valence-electron chi connectivity index (χ0n) is 16.2. The van der Waals surface area contributed by atoms with E-state index in [0.717, 1.165) is 27.4 Å². The van der Waals surface area contributed by atoms with Gasteiger partial charge in [0.2, 0.25) is 0 Å². The van der Waals surface area contributed by atoms with Crippen molar-refractivity contribution in [3.63, 3.8) is 0 Å². The van der Waals surface area contributed by atoms with E-state index >= 15 is 0 Å². The summed E-state index contributed by atoms with van der Waals surface area (Å²) in [7, 11) is 1.63. The summed E-state index contributed by atoms with van der Waals surface area (Å²) >= 11 is 1.48. The second kappa shape index (κ2) is 8.80. The van der Waals surface area contributed by atoms with Gasteiger partial charge in [0.25, 0.3) is 0 Å². The number of methoxy groups -OCH3 is 1. The van der Waals surface area contributed by atoms with Crippen LogP contribution in [0, 0.1) is 0 Å². The van der Waals surface area contributed by atoms with Gasteiger partial charge in [0.15, 0.2) is 0 Å². The molecule has 0 radical (unpaired) electrons. The van der Waals surface area contributed by atoms with Gasteiger partial charge in [0.05, 0.1) is 23.9 Å². The third-order valence-corrected chi connectivity index (χ3v) is 5.49. The molecule has 0 bridgehead atoms. The van der Waals surface area contributed by atoms with Crippen molar-refractivity contribution in [1.29, 1.82) is 0 Å². The average molecular weight is 417 g/mol. The zero-order valence-corrected chi connectivity index (χ0v) is 17.1. The number of thiazole rings is 1. The van der Waals surface area contributed by atoms with Gasteiger partial charge in [-0.05, 0) is 47.5 Å². The summed E-state index contributed by atoms with van der Waals surface area (Å²) in [5, 5.41) is 12.1. The molecule has 0 spiro atoms. The molecule has 1 aromatic heterocycles. The smallest absolute Gasteiger partial charge is 0.338 e. The molecule has 5 nitrogen and oxygen atoms in total. The molecule has 0 saturated carbocycles. The number of phenolic OH excluding ortho intramolecular Hbond substituents is 1. The maximum absolute atomic E-state index is 12.4. The Morgan fingerprint density at radius 2 is 1.63 bits per heavy atom. The summed E-state index contributed by atoms with van der Waals surface area (Å²) in [6.07, 6.45) is 0. The number of benzene rings is 3. The summed E-state index contributed by atoms with van der Waals surface area (Å²) in [5.41, 5.74) is 3.98. The highest BCUT2D eigenvalue weighted by atomic mass is 32.1. The van der Waals surface area contributed by atoms with Crippen molar-refractivity contribution in [3.8, 4) is 33.2 Å². The first-order valence-corrected chi connectivity index (χ1v) is 10.2. The fourth-order valence-corrected chi connectivity index (χ4v) is 3.83. The molecule has 3 aromatic carbocycles. The number of aromatic hydroxyl groups is 1. The zero-order chi connectivity index (χ0) is 20.9. The molecular weight excluding hydrogens is 398 g/mol. The van der Waals surface area contributed by atoms with Crippen LogP contribution < -0.4 is 4.74 Å². The predicted octanol–water partition coefficient (Wildman–Crippen LogP) is 5.55. The second-order valence-electron chi connectivity index (χ2n) is 6.54. The summed E-state index contributed by atoms with van der Waals surface area (Å²) in [6.45, 7) is 0.101. The van der Waals surface area contributed by atoms with Crippen LogP contribution in [0.1, 0.15) is 16.1 Å². The largest absolute Gasteiger partial charge is 0.508 e. The van der Waals surface area contributed by atoms with Crippen molar-refractivity contribution in [1.82, 2.24) is 4.98 Å². The minimum absolute atomic E-state index is 0.101. The van der Waals surface area contributed by atoms with Gasteiger partial charge in [-0.15, -0.1) is 11.3 Å². The van der Waals surface area contributed by atoms with E-state index in [1.165, 1.54) is 11.3 Å². The Bertz CT molecular complexity index is 1150. The Morgan fingerprint density at radius 3 is 2.33 bits per heavy atom. The number of carbonyl (C=O) groups excluding carboxylic acids is 1. The molecule has 0 aliphatic carbocycles. The Balaban J connectivity index is 1.40. The third kappa shape index (κ3) is 4.34. The van der Waals surface area contributed by atoms with Crippen LogP contribution in [0.2, 0.25) is 0 Å². The quantitative estimate of drug-likeness (QED) is 0.417. The fraction of sp³-hybridized carbons (Fsp3) is 0.0833. The van der Waals surface area contributed by atoms with Crippen molar-refractivity contribution in [2.45, 2.75) is 6.61 Å². The summed E-state index contributed by atoms with van der Waals surface area (Å²) in [4.78, 5) is 16.9. The van der Waals surface area contributed by atoms with Gasteiger partial charge in [-0.25, -0.2) is 9.78 Å². The fourth-order valence-electron chi connectivity index (χ4n) is 2.99. The van der Waals surface area contributed by atoms with Gasteiger partial charge in [-0.3, -0.25) is 0 Å². The number of hydrogen-bond acceptors (Lipinski definition) is 6. The van der Waals surface area contributed by atoms with Crippen LogP contribution in [-0.2, 0) is 11.3 Å². The lowest BCUT2D eigenvalue weighted by Crippen LogP contribution is -2.05. The number of esters is 1. The lowest BCUT2D eigenvalue weighted by atomic mass is 10.0. The minimum Gasteiger partial charge on any atom is -0.508 e. The lowest BCUT2D eigenvalue weighted by molar-refractivity contribution is 0.0468. The van der Waals surface area contributed by atoms with Gasteiger partial charge >= 0.3 is 5.97 Å². The molecule has 150 valence electrons. The van der Waals surface area contributed by atoms with E-state index in [1.54, 1.807) is 31.4 Å². The molecule has 0 fully saturated rings. The van der Waals surface area contributed by atoms with Crippen LogP contribution in [0.3, 0.4) is 0 Å². The third-order valence-electron chi connectivity index (χ3n) is 4.56. The van der Waals surface area contributed by atoms with Crippen LogP contribution in [0.25, 0.3) is 21.7 Å². The molecule has 6 heteroatoms. The highest BCUT2D eigenvalue weighted by Gasteiger charge is 2.12. The van der Waals surface area contributed by atoms with Gasteiger partial charge < -0.3 is 14.6 Å². The molecule has 0 aliphatic rings. The van der Waals surface area contributed by atoms with E-state index in [2.05, 4.69) is 4.98 Å². The standard InChI is InChI=1S/C24H19NO4S/c1-28-22-5-3-2-4-21(22)23-25-19(15-30-23)14-29-24(27)18-8-6-16(7-9-18)17-10-12-20(26)13-11-17/h2-13,15,26H,14H2,1H3. The molecule has 0 saturated heterocycles. The minimum atomic E-state index is -0.404. The van der Waals surface area contributed by atoms with E-state index in [0.29, 0.717) is 11.3 Å². The SMILES string of the molecule is COc1ccccc1-c1nc(COC(=O)c2ccc(-c3ccc(O)cc3)cc2)cs1. The van der Waals surface area contributed by atoms with Crippen molar-refractivity contribution in [3.05, 3.63) is 89.4 Å². The van der Waals surface area contributed by atoms with Gasteiger partial charge in [0, 0.05) is 5.38 Å². The van der Waals surface area contributed by atoms with Crippen LogP contribution in [0.5, 0.6) is 11.5 Å². The van der Waals surface area contributed by atoms with Crippen molar-refractivity contribution in [2.75, 3.05) is 7.11 Å². The summed E-state index contributed by atoms with van der Waals surface area (Å²) < 4.78 is 10.8. The van der Waals surface area contributed by atoms with E-state index < -0.39 is 5.97 Å². The Kier molecular flexibility index (Phi) is 5.77. The summed E-state index contributed by atoms with van der Waals surface area (Å²) in [6, 6.07) is 21.7. The summed E-state index contributed by atoms with van der Waals surface area (Å²) in [5.74, 6) is 0.568. The Morgan fingerprint density at radius 1 is 0.967 bits per heavy atom. The number of phenols is 1. The number of nitrogens with zero attached hydrogens (tertiary/aromatic N) is 1. The molecule has 4 aromatic rings. The van der Waals surface area contributed by atoms with Crippen LogP contribution in [-0.4, -0.2) is 23.2 Å². The topological polar surface area (TPSA) is 68.7 Å². The Labute approximate surface area is 178 Å². The number of rotatable bonds is 6. The number of hydrogen-bond donors (Lipinski definition) is 1. The van der Waals surface area contributed by atoms with Gasteiger partial charge in [-0.2, -0.15) is 0 Å². The van der Waals surface area contributed by atoms with E-state index in [1.807, 2.05) is 53.9 Å². The Hall–Kier alpha value is -3.64. The first-order valence-electron chi connectivity index (χ1n) is 9.28.